The molecule has 134 valence electrons. The Morgan fingerprint density at radius 3 is 2.44 bits per heavy atom. The van der Waals surface area contributed by atoms with Crippen molar-refractivity contribution in [2.24, 2.45) is 4.99 Å². The van der Waals surface area contributed by atoms with E-state index in [4.69, 9.17) is 16.3 Å². The van der Waals surface area contributed by atoms with Crippen molar-refractivity contribution in [3.05, 3.63) is 70.2 Å². The highest BCUT2D eigenvalue weighted by Gasteiger charge is 2.03. The number of rotatable bonds is 8. The monoisotopic (exact) mass is 359 g/mol. The molecule has 2 aromatic carbocycles. The third-order valence-corrected chi connectivity index (χ3v) is 4.12. The van der Waals surface area contributed by atoms with Crippen molar-refractivity contribution in [2.45, 2.75) is 26.5 Å². The van der Waals surface area contributed by atoms with E-state index < -0.39 is 0 Å². The van der Waals surface area contributed by atoms with Gasteiger partial charge in [-0.1, -0.05) is 48.0 Å². The minimum absolute atomic E-state index is 0.636. The number of halogens is 1. The summed E-state index contributed by atoms with van der Waals surface area (Å²) in [7, 11) is 1.78. The summed E-state index contributed by atoms with van der Waals surface area (Å²) in [5.74, 6) is 0.792. The molecule has 0 amide bonds. The summed E-state index contributed by atoms with van der Waals surface area (Å²) in [5.41, 5.74) is 3.67. The van der Waals surface area contributed by atoms with Gasteiger partial charge in [0.05, 0.1) is 6.61 Å². The number of nitrogens with zero attached hydrogens (tertiary/aromatic N) is 1. The molecule has 5 heteroatoms. The number of nitrogens with one attached hydrogen (secondary N) is 2. The summed E-state index contributed by atoms with van der Waals surface area (Å²) in [6.07, 6.45) is 0.915. The number of hydrogen-bond acceptors (Lipinski definition) is 2. The largest absolute Gasteiger partial charge is 0.377 e. The van der Waals surface area contributed by atoms with Crippen LogP contribution in [0.1, 0.15) is 23.6 Å². The summed E-state index contributed by atoms with van der Waals surface area (Å²) in [6, 6.07) is 16.2. The number of guanidine groups is 1. The number of hydrogen-bond donors (Lipinski definition) is 2. The summed E-state index contributed by atoms with van der Waals surface area (Å²) in [6.45, 7) is 4.88. The highest BCUT2D eigenvalue weighted by molar-refractivity contribution is 6.30. The SMILES string of the molecule is CCOCc1ccccc1CNC(=NC)NCCc1ccc(Cl)cc1. The van der Waals surface area contributed by atoms with Crippen LogP contribution in [-0.4, -0.2) is 26.2 Å². The van der Waals surface area contributed by atoms with Gasteiger partial charge in [0.2, 0.25) is 0 Å². The molecule has 0 fully saturated rings. The van der Waals surface area contributed by atoms with Crippen LogP contribution in [0.2, 0.25) is 5.02 Å². The molecule has 0 heterocycles. The van der Waals surface area contributed by atoms with Crippen molar-refractivity contribution < 1.29 is 4.74 Å². The maximum atomic E-state index is 5.91. The average molecular weight is 360 g/mol. The third kappa shape index (κ3) is 6.77. The van der Waals surface area contributed by atoms with Crippen LogP contribution in [0.15, 0.2) is 53.5 Å². The summed E-state index contributed by atoms with van der Waals surface area (Å²) < 4.78 is 5.53. The van der Waals surface area contributed by atoms with Crippen LogP contribution in [-0.2, 0) is 24.3 Å². The number of ether oxygens (including phenoxy) is 1. The Morgan fingerprint density at radius 2 is 1.76 bits per heavy atom. The van der Waals surface area contributed by atoms with Crippen LogP contribution in [0.25, 0.3) is 0 Å². The van der Waals surface area contributed by atoms with Gasteiger partial charge in [0, 0.05) is 31.8 Å². The Balaban J connectivity index is 1.81. The van der Waals surface area contributed by atoms with E-state index in [1.807, 2.05) is 43.3 Å². The fourth-order valence-corrected chi connectivity index (χ4v) is 2.58. The van der Waals surface area contributed by atoms with Gasteiger partial charge in [-0.3, -0.25) is 4.99 Å². The first kappa shape index (κ1) is 19.3. The lowest BCUT2D eigenvalue weighted by atomic mass is 10.1. The van der Waals surface area contributed by atoms with Gasteiger partial charge in [-0.05, 0) is 42.2 Å². The predicted octanol–water partition coefficient (Wildman–Crippen LogP) is 3.78. The van der Waals surface area contributed by atoms with Gasteiger partial charge in [-0.15, -0.1) is 0 Å². The van der Waals surface area contributed by atoms with Crippen LogP contribution in [0.4, 0.5) is 0 Å². The highest BCUT2D eigenvalue weighted by atomic mass is 35.5. The quantitative estimate of drug-likeness (QED) is 0.557. The lowest BCUT2D eigenvalue weighted by molar-refractivity contribution is 0.133. The molecule has 4 nitrogen and oxygen atoms in total. The van der Waals surface area contributed by atoms with Crippen LogP contribution < -0.4 is 10.6 Å². The van der Waals surface area contributed by atoms with Crippen molar-refractivity contribution in [2.75, 3.05) is 20.2 Å². The first-order valence-electron chi connectivity index (χ1n) is 8.56. The molecule has 2 N–H and O–H groups in total. The zero-order chi connectivity index (χ0) is 17.9. The average Bonchev–Trinajstić information content (AvgIpc) is 2.65. The number of benzene rings is 2. The molecule has 0 atom stereocenters. The van der Waals surface area contributed by atoms with Crippen LogP contribution in [0.5, 0.6) is 0 Å². The van der Waals surface area contributed by atoms with Gasteiger partial charge in [0.15, 0.2) is 5.96 Å². The van der Waals surface area contributed by atoms with Crippen molar-refractivity contribution >= 4 is 17.6 Å². The molecule has 2 aromatic rings. The maximum absolute atomic E-state index is 5.91. The molecule has 0 saturated heterocycles. The molecule has 25 heavy (non-hydrogen) atoms. The Morgan fingerprint density at radius 1 is 1.04 bits per heavy atom. The molecular weight excluding hydrogens is 334 g/mol. The standard InChI is InChI=1S/C20H26ClN3O/c1-3-25-15-18-7-5-4-6-17(18)14-24-20(22-2)23-13-12-16-8-10-19(21)11-9-16/h4-11H,3,12-15H2,1-2H3,(H2,22,23,24). The molecule has 0 aliphatic carbocycles. The lowest BCUT2D eigenvalue weighted by Gasteiger charge is -2.14. The summed E-state index contributed by atoms with van der Waals surface area (Å²) in [5, 5.41) is 7.46. The molecule has 0 spiro atoms. The van der Waals surface area contributed by atoms with Gasteiger partial charge in [-0.2, -0.15) is 0 Å². The summed E-state index contributed by atoms with van der Waals surface area (Å²) >= 11 is 5.91. The van der Waals surface area contributed by atoms with Gasteiger partial charge in [0.1, 0.15) is 0 Å². The van der Waals surface area contributed by atoms with E-state index in [1.165, 1.54) is 16.7 Å². The first-order valence-corrected chi connectivity index (χ1v) is 8.94. The third-order valence-electron chi connectivity index (χ3n) is 3.87. The molecule has 0 saturated carbocycles. The molecule has 0 aliphatic heterocycles. The topological polar surface area (TPSA) is 45.6 Å². The molecule has 0 aromatic heterocycles. The normalized spacial score (nSPS) is 11.4. The van der Waals surface area contributed by atoms with Crippen molar-refractivity contribution in [3.63, 3.8) is 0 Å². The molecule has 0 unspecified atom stereocenters. The predicted molar refractivity (Wildman–Crippen MR) is 105 cm³/mol. The maximum Gasteiger partial charge on any atom is 0.191 e. The van der Waals surface area contributed by atoms with E-state index in [0.717, 1.165) is 30.6 Å². The van der Waals surface area contributed by atoms with Gasteiger partial charge < -0.3 is 15.4 Å². The Labute approximate surface area is 155 Å². The van der Waals surface area contributed by atoms with E-state index in [2.05, 4.69) is 27.8 Å². The van der Waals surface area contributed by atoms with Crippen LogP contribution in [0, 0.1) is 0 Å². The van der Waals surface area contributed by atoms with Gasteiger partial charge in [-0.25, -0.2) is 0 Å². The zero-order valence-electron chi connectivity index (χ0n) is 14.9. The van der Waals surface area contributed by atoms with Crippen molar-refractivity contribution in [3.8, 4) is 0 Å². The smallest absolute Gasteiger partial charge is 0.191 e. The lowest BCUT2D eigenvalue weighted by Crippen LogP contribution is -2.38. The molecular formula is C20H26ClN3O. The van der Waals surface area contributed by atoms with E-state index in [0.29, 0.717) is 13.2 Å². The van der Waals surface area contributed by atoms with Crippen molar-refractivity contribution in [1.29, 1.82) is 0 Å². The second-order valence-corrected chi connectivity index (χ2v) is 6.07. The second-order valence-electron chi connectivity index (χ2n) is 5.63. The first-order chi connectivity index (χ1) is 12.2. The Kier molecular flexibility index (Phi) is 8.29. The van der Waals surface area contributed by atoms with E-state index in [-0.39, 0.29) is 0 Å². The highest BCUT2D eigenvalue weighted by Crippen LogP contribution is 2.10. The van der Waals surface area contributed by atoms with Crippen molar-refractivity contribution in [1.82, 2.24) is 10.6 Å². The Hall–Kier alpha value is -2.04. The second kappa shape index (κ2) is 10.7. The minimum Gasteiger partial charge on any atom is -0.377 e. The molecule has 0 bridgehead atoms. The Bertz CT molecular complexity index is 671. The minimum atomic E-state index is 0.636. The van der Waals surface area contributed by atoms with Crippen LogP contribution >= 0.6 is 11.6 Å². The molecule has 0 aliphatic rings. The van der Waals surface area contributed by atoms with Gasteiger partial charge >= 0.3 is 0 Å². The number of aliphatic imine (C=N–C) groups is 1. The molecule has 0 radical (unpaired) electrons. The van der Waals surface area contributed by atoms with E-state index >= 15 is 0 Å². The molecule has 2 rings (SSSR count). The zero-order valence-corrected chi connectivity index (χ0v) is 15.6. The van der Waals surface area contributed by atoms with E-state index in [9.17, 15) is 0 Å². The fourth-order valence-electron chi connectivity index (χ4n) is 2.46. The van der Waals surface area contributed by atoms with Crippen LogP contribution in [0.3, 0.4) is 0 Å². The summed E-state index contributed by atoms with van der Waals surface area (Å²) in [4.78, 5) is 4.28. The van der Waals surface area contributed by atoms with Gasteiger partial charge in [0.25, 0.3) is 0 Å². The fraction of sp³-hybridized carbons (Fsp3) is 0.350. The van der Waals surface area contributed by atoms with E-state index in [1.54, 1.807) is 7.05 Å².